The summed E-state index contributed by atoms with van der Waals surface area (Å²) in [5, 5.41) is 4.82. The number of hydrogen-bond donors (Lipinski definition) is 2. The molecule has 2 bridgehead atoms. The van der Waals surface area contributed by atoms with Gasteiger partial charge in [0.2, 0.25) is 0 Å². The number of fused-ring (bicyclic) bond motifs is 4. The van der Waals surface area contributed by atoms with E-state index in [0.29, 0.717) is 12.1 Å². The van der Waals surface area contributed by atoms with Gasteiger partial charge in [-0.15, -0.1) is 0 Å². The zero-order valence-corrected chi connectivity index (χ0v) is 14.4. The predicted octanol–water partition coefficient (Wildman–Crippen LogP) is 3.52. The first-order valence-electron chi connectivity index (χ1n) is 9.18. The lowest BCUT2D eigenvalue weighted by molar-refractivity contribution is 0.0457. The van der Waals surface area contributed by atoms with Crippen LogP contribution in [0, 0.1) is 5.92 Å². The van der Waals surface area contributed by atoms with E-state index in [1.807, 2.05) is 24.7 Å². The topological polar surface area (TPSA) is 56.8 Å². The van der Waals surface area contributed by atoms with Gasteiger partial charge in [0.05, 0.1) is 0 Å². The van der Waals surface area contributed by atoms with Gasteiger partial charge in [0.15, 0.2) is 0 Å². The van der Waals surface area contributed by atoms with Crippen LogP contribution in [0.2, 0.25) is 0 Å². The molecule has 3 aliphatic rings. The van der Waals surface area contributed by atoms with Crippen LogP contribution in [0.25, 0.3) is 22.2 Å². The molecule has 0 spiro atoms. The molecule has 3 aromatic heterocycles. The highest BCUT2D eigenvalue weighted by molar-refractivity contribution is 5.81. The second kappa shape index (κ2) is 5.85. The molecule has 0 radical (unpaired) electrons. The summed E-state index contributed by atoms with van der Waals surface area (Å²) in [5.74, 6) is 1.76. The number of hydrogen-bond acceptors (Lipinski definition) is 4. The zero-order valence-electron chi connectivity index (χ0n) is 14.4. The summed E-state index contributed by atoms with van der Waals surface area (Å²) in [5.41, 5.74) is 3.12. The SMILES string of the molecule is C[C@@H]1[C@H](Nc2ccc(-c3cnc4[nH]ccc4c3)cn2)C2CCN1CC2. The third-order valence-electron chi connectivity index (χ3n) is 5.99. The third-order valence-corrected chi connectivity index (χ3v) is 5.99. The Morgan fingerprint density at radius 2 is 1.92 bits per heavy atom. The van der Waals surface area contributed by atoms with E-state index in [2.05, 4.69) is 50.3 Å². The Morgan fingerprint density at radius 3 is 2.68 bits per heavy atom. The first-order valence-corrected chi connectivity index (χ1v) is 9.18. The Kier molecular flexibility index (Phi) is 3.48. The highest BCUT2D eigenvalue weighted by Gasteiger charge is 2.39. The highest BCUT2D eigenvalue weighted by Crippen LogP contribution is 2.34. The van der Waals surface area contributed by atoms with E-state index in [0.717, 1.165) is 33.9 Å². The van der Waals surface area contributed by atoms with E-state index in [1.54, 1.807) is 0 Å². The van der Waals surface area contributed by atoms with Crippen LogP contribution in [0.15, 0.2) is 42.9 Å². The van der Waals surface area contributed by atoms with Crippen molar-refractivity contribution in [1.29, 1.82) is 0 Å². The maximum absolute atomic E-state index is 4.67. The van der Waals surface area contributed by atoms with Gasteiger partial charge in [-0.2, -0.15) is 0 Å². The van der Waals surface area contributed by atoms with Gasteiger partial charge in [-0.3, -0.25) is 4.90 Å². The molecule has 5 nitrogen and oxygen atoms in total. The van der Waals surface area contributed by atoms with Crippen molar-refractivity contribution in [3.8, 4) is 11.1 Å². The monoisotopic (exact) mass is 333 g/mol. The predicted molar refractivity (Wildman–Crippen MR) is 100 cm³/mol. The average Bonchev–Trinajstić information content (AvgIpc) is 3.13. The van der Waals surface area contributed by atoms with Gasteiger partial charge < -0.3 is 10.3 Å². The number of pyridine rings is 2. The minimum absolute atomic E-state index is 0.513. The van der Waals surface area contributed by atoms with Crippen molar-refractivity contribution in [2.75, 3.05) is 18.4 Å². The van der Waals surface area contributed by atoms with E-state index in [1.165, 1.54) is 25.9 Å². The number of rotatable bonds is 3. The molecule has 5 heteroatoms. The molecule has 3 saturated heterocycles. The number of H-pyrrole nitrogens is 1. The van der Waals surface area contributed by atoms with Gasteiger partial charge in [0.1, 0.15) is 11.5 Å². The smallest absolute Gasteiger partial charge is 0.137 e. The highest BCUT2D eigenvalue weighted by atomic mass is 15.2. The minimum atomic E-state index is 0.513. The summed E-state index contributed by atoms with van der Waals surface area (Å²) < 4.78 is 0. The number of anilines is 1. The Balaban J connectivity index is 1.36. The Morgan fingerprint density at radius 1 is 1.08 bits per heavy atom. The summed E-state index contributed by atoms with van der Waals surface area (Å²) in [7, 11) is 0. The lowest BCUT2D eigenvalue weighted by Crippen LogP contribution is -2.59. The van der Waals surface area contributed by atoms with Crippen molar-refractivity contribution >= 4 is 16.9 Å². The van der Waals surface area contributed by atoms with E-state index >= 15 is 0 Å². The standard InChI is InChI=1S/C20H23N5/c1-13-19(14-5-8-25(13)9-6-14)24-18-3-2-16(11-22-18)17-10-15-4-7-21-20(15)23-12-17/h2-4,7,10-14,19H,5-6,8-9H2,1H3,(H,21,23)(H,22,24)/t13-,19+/m1/s1. The van der Waals surface area contributed by atoms with E-state index in [4.69, 9.17) is 0 Å². The molecular weight excluding hydrogens is 310 g/mol. The van der Waals surface area contributed by atoms with Crippen molar-refractivity contribution < 1.29 is 0 Å². The van der Waals surface area contributed by atoms with Crippen molar-refractivity contribution in [2.24, 2.45) is 5.92 Å². The van der Waals surface area contributed by atoms with Gasteiger partial charge in [0.25, 0.3) is 0 Å². The number of nitrogens with one attached hydrogen (secondary N) is 2. The lowest BCUT2D eigenvalue weighted by atomic mass is 9.79. The number of aromatic amines is 1. The number of aromatic nitrogens is 3. The molecule has 0 amide bonds. The first kappa shape index (κ1) is 14.9. The molecule has 0 aliphatic carbocycles. The molecule has 3 aliphatic heterocycles. The van der Waals surface area contributed by atoms with Crippen LogP contribution in [0.5, 0.6) is 0 Å². The van der Waals surface area contributed by atoms with Crippen molar-refractivity contribution in [2.45, 2.75) is 31.8 Å². The first-order chi connectivity index (χ1) is 12.3. The molecule has 128 valence electrons. The molecule has 6 heterocycles. The number of nitrogens with zero attached hydrogens (tertiary/aromatic N) is 3. The number of piperidine rings is 3. The Hall–Kier alpha value is -2.40. The molecule has 0 saturated carbocycles. The fourth-order valence-electron chi connectivity index (χ4n) is 4.46. The summed E-state index contributed by atoms with van der Waals surface area (Å²) in [6.07, 6.45) is 8.38. The maximum atomic E-state index is 4.67. The molecule has 25 heavy (non-hydrogen) atoms. The fourth-order valence-corrected chi connectivity index (χ4v) is 4.46. The van der Waals surface area contributed by atoms with E-state index < -0.39 is 0 Å². The molecule has 0 aromatic carbocycles. The average molecular weight is 333 g/mol. The molecule has 2 N–H and O–H groups in total. The third kappa shape index (κ3) is 2.59. The zero-order chi connectivity index (χ0) is 16.8. The second-order valence-electron chi connectivity index (χ2n) is 7.36. The van der Waals surface area contributed by atoms with Gasteiger partial charge in [-0.25, -0.2) is 9.97 Å². The Labute approximate surface area is 147 Å². The fraction of sp³-hybridized carbons (Fsp3) is 0.400. The summed E-state index contributed by atoms with van der Waals surface area (Å²) in [6.45, 7) is 4.85. The van der Waals surface area contributed by atoms with Crippen LogP contribution >= 0.6 is 0 Å². The molecular formula is C20H23N5. The summed E-state index contributed by atoms with van der Waals surface area (Å²) in [4.78, 5) is 14.9. The van der Waals surface area contributed by atoms with Crippen LogP contribution in [0.1, 0.15) is 19.8 Å². The van der Waals surface area contributed by atoms with E-state index in [9.17, 15) is 0 Å². The Bertz CT molecular complexity index is 874. The minimum Gasteiger partial charge on any atom is -0.365 e. The van der Waals surface area contributed by atoms with Crippen LogP contribution in [0.3, 0.4) is 0 Å². The van der Waals surface area contributed by atoms with Crippen LogP contribution < -0.4 is 5.32 Å². The van der Waals surface area contributed by atoms with Gasteiger partial charge in [0, 0.05) is 47.2 Å². The van der Waals surface area contributed by atoms with Gasteiger partial charge in [-0.05, 0) is 63.0 Å². The van der Waals surface area contributed by atoms with Crippen LogP contribution in [-0.4, -0.2) is 45.0 Å². The largest absolute Gasteiger partial charge is 0.365 e. The van der Waals surface area contributed by atoms with Gasteiger partial charge in [-0.1, -0.05) is 0 Å². The van der Waals surface area contributed by atoms with Crippen molar-refractivity contribution in [3.05, 3.63) is 42.9 Å². The van der Waals surface area contributed by atoms with Crippen molar-refractivity contribution in [1.82, 2.24) is 19.9 Å². The van der Waals surface area contributed by atoms with Gasteiger partial charge >= 0.3 is 0 Å². The maximum Gasteiger partial charge on any atom is 0.137 e. The molecule has 2 atom stereocenters. The second-order valence-corrected chi connectivity index (χ2v) is 7.36. The van der Waals surface area contributed by atoms with E-state index in [-0.39, 0.29) is 0 Å². The van der Waals surface area contributed by atoms with Crippen LogP contribution in [0.4, 0.5) is 5.82 Å². The molecule has 3 aromatic rings. The normalized spacial score (nSPS) is 28.4. The summed E-state index contributed by atoms with van der Waals surface area (Å²) in [6, 6.07) is 9.54. The quantitative estimate of drug-likeness (QED) is 0.770. The molecule has 0 unspecified atom stereocenters. The van der Waals surface area contributed by atoms with Crippen molar-refractivity contribution in [3.63, 3.8) is 0 Å². The van der Waals surface area contributed by atoms with Crippen LogP contribution in [-0.2, 0) is 0 Å². The molecule has 3 fully saturated rings. The summed E-state index contributed by atoms with van der Waals surface area (Å²) >= 11 is 0. The lowest BCUT2D eigenvalue weighted by Gasteiger charge is -2.50. The molecule has 6 rings (SSSR count).